The Labute approximate surface area is 194 Å². The van der Waals surface area contributed by atoms with E-state index in [0.29, 0.717) is 30.1 Å². The number of aromatic nitrogens is 1. The molecule has 3 rings (SSSR count). The molecule has 7 heteroatoms. The maximum Gasteiger partial charge on any atom is 0.272 e. The number of halogens is 2. The summed E-state index contributed by atoms with van der Waals surface area (Å²) in [5.41, 5.74) is 3.01. The highest BCUT2D eigenvalue weighted by atomic mass is 19.3. The summed E-state index contributed by atoms with van der Waals surface area (Å²) in [7, 11) is 1.47. The number of allylic oxidation sites excluding steroid dienone is 1. The van der Waals surface area contributed by atoms with Crippen LogP contribution in [0.4, 0.5) is 8.78 Å². The van der Waals surface area contributed by atoms with E-state index in [-0.39, 0.29) is 17.2 Å². The summed E-state index contributed by atoms with van der Waals surface area (Å²) in [6.07, 6.45) is 5.82. The molecule has 0 spiro atoms. The van der Waals surface area contributed by atoms with Gasteiger partial charge in [-0.3, -0.25) is 4.79 Å². The highest BCUT2D eigenvalue weighted by Crippen LogP contribution is 2.42. The number of fused-ring (bicyclic) bond motifs is 3. The van der Waals surface area contributed by atoms with E-state index in [1.54, 1.807) is 18.2 Å². The summed E-state index contributed by atoms with van der Waals surface area (Å²) < 4.78 is 44.0. The number of alkyl halides is 2. The Morgan fingerprint density at radius 1 is 1.21 bits per heavy atom. The first-order chi connectivity index (χ1) is 15.9. The maximum absolute atomic E-state index is 13.2. The molecular weight excluding hydrogens is 428 g/mol. The third-order valence-electron chi connectivity index (χ3n) is 5.88. The number of hydrogen-bond donors (Lipinski definition) is 0. The Balaban J connectivity index is 2.11. The first kappa shape index (κ1) is 24.8. The number of methoxy groups -OCH3 is 1. The number of unbranched alkanes of at least 4 members (excludes halogenated alkanes) is 2. The Bertz CT molecular complexity index is 1050. The minimum Gasteiger partial charge on any atom is -0.493 e. The van der Waals surface area contributed by atoms with Crippen molar-refractivity contribution in [1.29, 1.82) is 0 Å². The van der Waals surface area contributed by atoms with Crippen molar-refractivity contribution < 1.29 is 23.0 Å². The molecule has 1 aromatic heterocycles. The lowest BCUT2D eigenvalue weighted by atomic mass is 9.90. The second-order valence-electron chi connectivity index (χ2n) is 8.12. The van der Waals surface area contributed by atoms with E-state index in [1.165, 1.54) is 7.11 Å². The van der Waals surface area contributed by atoms with Crippen LogP contribution in [0.5, 0.6) is 11.5 Å². The molecule has 0 radical (unpaired) electrons. The number of ether oxygens (including phenoxy) is 3. The lowest BCUT2D eigenvalue weighted by Gasteiger charge is -2.31. The van der Waals surface area contributed by atoms with Crippen LogP contribution < -0.4 is 14.9 Å². The van der Waals surface area contributed by atoms with Gasteiger partial charge in [0.15, 0.2) is 16.9 Å². The van der Waals surface area contributed by atoms with Gasteiger partial charge in [-0.1, -0.05) is 20.3 Å². The zero-order chi connectivity index (χ0) is 24.0. The normalized spacial score (nSPS) is 15.2. The van der Waals surface area contributed by atoms with Crippen molar-refractivity contribution in [1.82, 2.24) is 4.57 Å². The minimum atomic E-state index is -2.57. The van der Waals surface area contributed by atoms with Crippen LogP contribution in [0.2, 0.25) is 0 Å². The molecule has 0 saturated heterocycles. The minimum absolute atomic E-state index is 0.113. The first-order valence-corrected chi connectivity index (χ1v) is 11.6. The molecule has 0 aliphatic carbocycles. The Morgan fingerprint density at radius 3 is 2.64 bits per heavy atom. The molecular formula is C26H33F2NO4. The molecule has 1 unspecified atom stereocenters. The fourth-order valence-corrected chi connectivity index (χ4v) is 4.22. The van der Waals surface area contributed by atoms with Crippen molar-refractivity contribution in [2.45, 2.75) is 65.3 Å². The number of nitrogens with zero attached hydrogens (tertiary/aromatic N) is 1. The number of hydrogen-bond acceptors (Lipinski definition) is 4. The predicted molar refractivity (Wildman–Crippen MR) is 126 cm³/mol. The predicted octanol–water partition coefficient (Wildman–Crippen LogP) is 6.24. The van der Waals surface area contributed by atoms with E-state index in [4.69, 9.17) is 14.2 Å². The van der Waals surface area contributed by atoms with Gasteiger partial charge in [-0.25, -0.2) is 8.78 Å². The summed E-state index contributed by atoms with van der Waals surface area (Å²) in [4.78, 5) is 13.2. The van der Waals surface area contributed by atoms with E-state index in [2.05, 4.69) is 18.4 Å². The fourth-order valence-electron chi connectivity index (χ4n) is 4.22. The van der Waals surface area contributed by atoms with Crippen LogP contribution in [0.15, 0.2) is 35.3 Å². The van der Waals surface area contributed by atoms with Gasteiger partial charge in [0.25, 0.3) is 6.43 Å². The highest BCUT2D eigenvalue weighted by molar-refractivity contribution is 5.72. The second kappa shape index (κ2) is 11.3. The lowest BCUT2D eigenvalue weighted by Crippen LogP contribution is -2.24. The molecule has 1 aliphatic rings. The fraction of sp³-hybridized carbons (Fsp3) is 0.500. The standard InChI is InChI=1S/C26H33F2NO4/c1-5-8-9-10-23(32-7-3)20-15-29-18(6-2)11-17-12-25(33-16-26(27)28)24(31-4)13-19(17)21(29)14-22(20)30/h10,12-15,18,26H,5-9,11,16H2,1-4H3. The van der Waals surface area contributed by atoms with Gasteiger partial charge in [0, 0.05) is 23.9 Å². The molecule has 1 aliphatic heterocycles. The molecule has 5 nitrogen and oxygen atoms in total. The van der Waals surface area contributed by atoms with Crippen LogP contribution in [0.1, 0.15) is 63.6 Å². The van der Waals surface area contributed by atoms with Gasteiger partial charge in [0.2, 0.25) is 0 Å². The van der Waals surface area contributed by atoms with Crippen molar-refractivity contribution in [3.63, 3.8) is 0 Å². The monoisotopic (exact) mass is 461 g/mol. The molecule has 1 atom stereocenters. The summed E-state index contributed by atoms with van der Waals surface area (Å²) in [6, 6.07) is 5.29. The number of rotatable bonds is 11. The summed E-state index contributed by atoms with van der Waals surface area (Å²) in [5, 5.41) is 0. The molecule has 2 heterocycles. The molecule has 180 valence electrons. The van der Waals surface area contributed by atoms with Gasteiger partial charge in [0.1, 0.15) is 12.4 Å². The number of pyridine rings is 1. The Kier molecular flexibility index (Phi) is 8.53. The summed E-state index contributed by atoms with van der Waals surface area (Å²) >= 11 is 0. The van der Waals surface area contributed by atoms with Crippen LogP contribution in [-0.2, 0) is 11.2 Å². The Hall–Kier alpha value is -2.83. The number of benzene rings is 1. The average Bonchev–Trinajstić information content (AvgIpc) is 2.80. The molecule has 0 N–H and O–H groups in total. The zero-order valence-corrected chi connectivity index (χ0v) is 19.8. The molecule has 0 saturated carbocycles. The Morgan fingerprint density at radius 2 is 2.00 bits per heavy atom. The van der Waals surface area contributed by atoms with Gasteiger partial charge in [-0.05, 0) is 56.4 Å². The largest absolute Gasteiger partial charge is 0.493 e. The van der Waals surface area contributed by atoms with E-state index < -0.39 is 13.0 Å². The van der Waals surface area contributed by atoms with Crippen LogP contribution in [0, 0.1) is 0 Å². The van der Waals surface area contributed by atoms with E-state index in [9.17, 15) is 13.6 Å². The van der Waals surface area contributed by atoms with Gasteiger partial charge in [0.05, 0.1) is 25.0 Å². The van der Waals surface area contributed by atoms with E-state index in [1.807, 2.05) is 19.2 Å². The topological polar surface area (TPSA) is 49.7 Å². The molecule has 1 aromatic carbocycles. The first-order valence-electron chi connectivity index (χ1n) is 11.6. The van der Waals surface area contributed by atoms with Crippen LogP contribution in [-0.4, -0.2) is 31.3 Å². The zero-order valence-electron chi connectivity index (χ0n) is 19.8. The molecule has 0 amide bonds. The van der Waals surface area contributed by atoms with Crippen LogP contribution in [0.25, 0.3) is 17.0 Å². The third kappa shape index (κ3) is 5.57. The summed E-state index contributed by atoms with van der Waals surface area (Å²) in [6.45, 7) is 5.92. The van der Waals surface area contributed by atoms with Crippen LogP contribution >= 0.6 is 0 Å². The third-order valence-corrected chi connectivity index (χ3v) is 5.88. The van der Waals surface area contributed by atoms with Gasteiger partial charge in [-0.15, -0.1) is 0 Å². The van der Waals surface area contributed by atoms with E-state index >= 15 is 0 Å². The quantitative estimate of drug-likeness (QED) is 0.293. The second-order valence-corrected chi connectivity index (χ2v) is 8.12. The molecule has 0 fully saturated rings. The van der Waals surface area contributed by atoms with Crippen LogP contribution in [0.3, 0.4) is 0 Å². The summed E-state index contributed by atoms with van der Waals surface area (Å²) in [5.74, 6) is 1.28. The average molecular weight is 462 g/mol. The van der Waals surface area contributed by atoms with Gasteiger partial charge in [-0.2, -0.15) is 0 Å². The molecule has 2 aromatic rings. The van der Waals surface area contributed by atoms with E-state index in [0.717, 1.165) is 42.5 Å². The van der Waals surface area contributed by atoms with Crippen molar-refractivity contribution in [3.05, 3.63) is 51.8 Å². The van der Waals surface area contributed by atoms with Crippen molar-refractivity contribution >= 4 is 5.76 Å². The van der Waals surface area contributed by atoms with Gasteiger partial charge >= 0.3 is 0 Å². The van der Waals surface area contributed by atoms with Crippen molar-refractivity contribution in [2.75, 3.05) is 20.3 Å². The molecule has 33 heavy (non-hydrogen) atoms. The lowest BCUT2D eigenvalue weighted by molar-refractivity contribution is 0.0804. The smallest absolute Gasteiger partial charge is 0.272 e. The maximum atomic E-state index is 13.2. The van der Waals surface area contributed by atoms with Gasteiger partial charge < -0.3 is 18.8 Å². The molecule has 0 bridgehead atoms. The van der Waals surface area contributed by atoms with Crippen molar-refractivity contribution in [3.8, 4) is 22.8 Å². The highest BCUT2D eigenvalue weighted by Gasteiger charge is 2.27. The SMILES string of the molecule is CCCCC=C(OCC)c1cn2c(cc1=O)-c1cc(OC)c(OCC(F)F)cc1CC2CC. The van der Waals surface area contributed by atoms with Crippen molar-refractivity contribution in [2.24, 2.45) is 0 Å².